The number of carbonyl (C=O) groups excluding carboxylic acids is 2. The number of pyridine rings is 1. The Bertz CT molecular complexity index is 1030. The number of fused-ring (bicyclic) bond motifs is 1. The van der Waals surface area contributed by atoms with Gasteiger partial charge in [-0.2, -0.15) is 5.26 Å². The monoisotopic (exact) mass is 456 g/mol. The molecule has 2 unspecified atom stereocenters. The Kier molecular flexibility index (Phi) is 7.94. The quantitative estimate of drug-likeness (QED) is 0.542. The highest BCUT2D eigenvalue weighted by Gasteiger charge is 2.29. The third-order valence-corrected chi connectivity index (χ3v) is 6.12. The van der Waals surface area contributed by atoms with Crippen LogP contribution in [0, 0.1) is 11.3 Å². The summed E-state index contributed by atoms with van der Waals surface area (Å²) >= 11 is 1.31. The molecular formula is C22H24N4O5S. The number of hydrogen-bond donors (Lipinski definition) is 3. The predicted molar refractivity (Wildman–Crippen MR) is 119 cm³/mol. The first-order chi connectivity index (χ1) is 15.4. The molecule has 2 atom stereocenters. The Morgan fingerprint density at radius 1 is 1.53 bits per heavy atom. The van der Waals surface area contributed by atoms with Crippen LogP contribution in [0.2, 0.25) is 0 Å². The molecule has 168 valence electrons. The van der Waals surface area contributed by atoms with Gasteiger partial charge in [-0.25, -0.2) is 4.79 Å². The first-order valence-electron chi connectivity index (χ1n) is 10.1. The zero-order valence-corrected chi connectivity index (χ0v) is 18.3. The maximum absolute atomic E-state index is 12.3. The molecule has 0 spiro atoms. The fourth-order valence-electron chi connectivity index (χ4n) is 3.34. The fraction of sp³-hybridized carbons (Fsp3) is 0.364. The van der Waals surface area contributed by atoms with E-state index in [4.69, 9.17) is 9.84 Å². The Labute approximate surface area is 189 Å². The molecule has 0 bridgehead atoms. The lowest BCUT2D eigenvalue weighted by Crippen LogP contribution is -2.38. The van der Waals surface area contributed by atoms with Gasteiger partial charge in [0.25, 0.3) is 0 Å². The lowest BCUT2D eigenvalue weighted by atomic mass is 9.94. The van der Waals surface area contributed by atoms with E-state index in [1.807, 2.05) is 6.07 Å². The van der Waals surface area contributed by atoms with Gasteiger partial charge in [0.2, 0.25) is 5.91 Å². The van der Waals surface area contributed by atoms with E-state index in [-0.39, 0.29) is 18.6 Å². The molecule has 32 heavy (non-hydrogen) atoms. The molecule has 2 heterocycles. The highest BCUT2D eigenvalue weighted by molar-refractivity contribution is 7.16. The van der Waals surface area contributed by atoms with Crippen LogP contribution >= 0.6 is 11.3 Å². The molecule has 3 N–H and O–H groups in total. The Hall–Kier alpha value is -3.26. The summed E-state index contributed by atoms with van der Waals surface area (Å²) in [6.07, 6.45) is 5.87. The van der Waals surface area contributed by atoms with Gasteiger partial charge in [-0.3, -0.25) is 9.78 Å². The van der Waals surface area contributed by atoms with Crippen LogP contribution in [0.5, 0.6) is 0 Å². The van der Waals surface area contributed by atoms with Crippen LogP contribution in [-0.4, -0.2) is 64.5 Å². The Morgan fingerprint density at radius 2 is 2.34 bits per heavy atom. The fourth-order valence-corrected chi connectivity index (χ4v) is 4.61. The molecule has 10 heteroatoms. The van der Waals surface area contributed by atoms with Gasteiger partial charge in [0.15, 0.2) is 0 Å². The van der Waals surface area contributed by atoms with E-state index in [2.05, 4.69) is 16.4 Å². The number of likely N-dealkylation sites (N-methyl/N-ethyl adjacent to an activating group) is 1. The number of nitrogens with zero attached hydrogens (tertiary/aromatic N) is 3. The van der Waals surface area contributed by atoms with Crippen molar-refractivity contribution in [3.05, 3.63) is 52.2 Å². The van der Waals surface area contributed by atoms with Crippen molar-refractivity contribution in [3.8, 4) is 6.07 Å². The van der Waals surface area contributed by atoms with E-state index < -0.39 is 18.8 Å². The summed E-state index contributed by atoms with van der Waals surface area (Å²) in [6.45, 7) is -0.476. The van der Waals surface area contributed by atoms with Crippen LogP contribution in [0.25, 0.3) is 6.08 Å². The molecule has 1 aliphatic rings. The topological polar surface area (TPSA) is 136 Å². The SMILES string of the molecule is CN(CC(O)CO)C(=O)OC1CCc2c(sc(NC(=O)C=Cc3cccnc3)c2C#N)C1. The normalized spacial score (nSPS) is 16.1. The molecule has 3 rings (SSSR count). The molecule has 0 aliphatic heterocycles. The van der Waals surface area contributed by atoms with E-state index >= 15 is 0 Å². The first kappa shape index (κ1) is 23.4. The number of amides is 2. The summed E-state index contributed by atoms with van der Waals surface area (Å²) in [5, 5.41) is 31.3. The van der Waals surface area contributed by atoms with Crippen molar-refractivity contribution in [2.75, 3.05) is 25.5 Å². The summed E-state index contributed by atoms with van der Waals surface area (Å²) in [5.74, 6) is -0.351. The second kappa shape index (κ2) is 10.9. The number of ether oxygens (including phenoxy) is 1. The van der Waals surface area contributed by atoms with Gasteiger partial charge >= 0.3 is 6.09 Å². The lowest BCUT2D eigenvalue weighted by Gasteiger charge is -2.26. The van der Waals surface area contributed by atoms with Crippen LogP contribution in [-0.2, 0) is 22.4 Å². The maximum atomic E-state index is 12.3. The number of nitriles is 1. The molecule has 0 radical (unpaired) electrons. The van der Waals surface area contributed by atoms with Crippen LogP contribution in [0.15, 0.2) is 30.6 Å². The third kappa shape index (κ3) is 5.91. The molecular weight excluding hydrogens is 432 g/mol. The molecule has 2 aromatic rings. The summed E-state index contributed by atoms with van der Waals surface area (Å²) in [4.78, 5) is 30.7. The smallest absolute Gasteiger partial charge is 0.409 e. The van der Waals surface area contributed by atoms with Gasteiger partial charge in [0.05, 0.1) is 24.8 Å². The number of carbonyl (C=O) groups is 2. The van der Waals surface area contributed by atoms with Crippen molar-refractivity contribution in [1.29, 1.82) is 5.26 Å². The molecule has 0 saturated carbocycles. The molecule has 0 fully saturated rings. The summed E-state index contributed by atoms with van der Waals surface area (Å²) in [7, 11) is 1.49. The molecule has 0 aromatic carbocycles. The number of anilines is 1. The number of aliphatic hydroxyl groups excluding tert-OH is 2. The molecule has 1 aliphatic carbocycles. The predicted octanol–water partition coefficient (Wildman–Crippen LogP) is 1.95. The van der Waals surface area contributed by atoms with Crippen LogP contribution in [0.3, 0.4) is 0 Å². The van der Waals surface area contributed by atoms with Gasteiger partial charge < -0.3 is 25.2 Å². The summed E-state index contributed by atoms with van der Waals surface area (Å²) in [6, 6.07) is 5.78. The lowest BCUT2D eigenvalue weighted by molar-refractivity contribution is -0.111. The molecule has 9 nitrogen and oxygen atoms in total. The minimum Gasteiger partial charge on any atom is -0.446 e. The van der Waals surface area contributed by atoms with Crippen molar-refractivity contribution in [2.24, 2.45) is 0 Å². The Morgan fingerprint density at radius 3 is 3.03 bits per heavy atom. The number of thiophene rings is 1. The zero-order valence-electron chi connectivity index (χ0n) is 17.5. The standard InChI is InChI=1S/C22H24N4O5S/c1-26(12-15(28)13-27)22(30)31-16-5-6-17-18(10-23)21(32-19(17)9-16)25-20(29)7-4-14-3-2-8-24-11-14/h2-4,7-8,11,15-16,27-28H,5-6,9,12-13H2,1H3,(H,25,29). The van der Waals surface area contributed by atoms with E-state index in [1.54, 1.807) is 24.5 Å². The first-order valence-corrected chi connectivity index (χ1v) is 10.9. The average molecular weight is 457 g/mol. The second-order valence-electron chi connectivity index (χ2n) is 7.39. The minimum atomic E-state index is -1.03. The summed E-state index contributed by atoms with van der Waals surface area (Å²) < 4.78 is 5.52. The van der Waals surface area contributed by atoms with E-state index in [9.17, 15) is 20.0 Å². The second-order valence-corrected chi connectivity index (χ2v) is 8.50. The number of nitrogens with one attached hydrogen (secondary N) is 1. The van der Waals surface area contributed by atoms with Crippen molar-refractivity contribution < 1.29 is 24.5 Å². The van der Waals surface area contributed by atoms with Crippen LogP contribution in [0.4, 0.5) is 9.80 Å². The third-order valence-electron chi connectivity index (χ3n) is 4.95. The van der Waals surface area contributed by atoms with Crippen molar-refractivity contribution in [2.45, 2.75) is 31.5 Å². The van der Waals surface area contributed by atoms with Gasteiger partial charge in [-0.1, -0.05) is 6.07 Å². The van der Waals surface area contributed by atoms with Gasteiger partial charge in [-0.05, 0) is 36.1 Å². The van der Waals surface area contributed by atoms with Crippen LogP contribution < -0.4 is 5.32 Å². The highest BCUT2D eigenvalue weighted by atomic mass is 32.1. The highest BCUT2D eigenvalue weighted by Crippen LogP contribution is 2.38. The molecule has 2 amide bonds. The van der Waals surface area contributed by atoms with E-state index in [1.165, 1.54) is 29.4 Å². The molecule has 0 saturated heterocycles. The van der Waals surface area contributed by atoms with Crippen molar-refractivity contribution in [3.63, 3.8) is 0 Å². The zero-order chi connectivity index (χ0) is 23.1. The number of hydrogen-bond acceptors (Lipinski definition) is 8. The number of aromatic nitrogens is 1. The summed E-state index contributed by atoms with van der Waals surface area (Å²) in [5.41, 5.74) is 2.11. The average Bonchev–Trinajstić information content (AvgIpc) is 3.14. The number of rotatable bonds is 7. The molecule has 2 aromatic heterocycles. The van der Waals surface area contributed by atoms with E-state index in [0.717, 1.165) is 16.0 Å². The van der Waals surface area contributed by atoms with Crippen LogP contribution in [0.1, 0.15) is 28.0 Å². The largest absolute Gasteiger partial charge is 0.446 e. The van der Waals surface area contributed by atoms with E-state index in [0.29, 0.717) is 29.8 Å². The number of aliphatic hydroxyl groups is 2. The van der Waals surface area contributed by atoms with Gasteiger partial charge in [-0.15, -0.1) is 11.3 Å². The minimum absolute atomic E-state index is 0.0341. The Balaban J connectivity index is 1.64. The van der Waals surface area contributed by atoms with Crippen molar-refractivity contribution >= 4 is 34.4 Å². The van der Waals surface area contributed by atoms with Crippen molar-refractivity contribution in [1.82, 2.24) is 9.88 Å². The van der Waals surface area contributed by atoms with Gasteiger partial charge in [0, 0.05) is 36.8 Å². The van der Waals surface area contributed by atoms with Gasteiger partial charge in [0.1, 0.15) is 17.2 Å². The maximum Gasteiger partial charge on any atom is 0.409 e.